The lowest BCUT2D eigenvalue weighted by Gasteiger charge is -2.13. The summed E-state index contributed by atoms with van der Waals surface area (Å²) in [6.07, 6.45) is 1.31. The molecule has 0 spiro atoms. The summed E-state index contributed by atoms with van der Waals surface area (Å²) in [5.74, 6) is -0.0964. The van der Waals surface area contributed by atoms with E-state index in [1.54, 1.807) is 36.6 Å². The van der Waals surface area contributed by atoms with Gasteiger partial charge in [-0.05, 0) is 37.3 Å². The Balaban J connectivity index is 1.79. The summed E-state index contributed by atoms with van der Waals surface area (Å²) in [6, 6.07) is 10.7. The fraction of sp³-hybridized carbons (Fsp3) is 0.250. The van der Waals surface area contributed by atoms with Crippen LogP contribution in [-0.2, 0) is 20.7 Å². The van der Waals surface area contributed by atoms with Crippen molar-refractivity contribution in [3.8, 4) is 0 Å². The van der Waals surface area contributed by atoms with E-state index in [0.29, 0.717) is 17.9 Å². The zero-order valence-corrected chi connectivity index (χ0v) is 13.6. The van der Waals surface area contributed by atoms with Crippen LogP contribution in [0, 0.1) is 0 Å². The Bertz CT molecular complexity index is 639. The average Bonchev–Trinajstić information content (AvgIpc) is 2.98. The van der Waals surface area contributed by atoms with Gasteiger partial charge in [0.05, 0.1) is 12.7 Å². The number of furan rings is 1. The molecule has 0 fully saturated rings. The van der Waals surface area contributed by atoms with Crippen LogP contribution in [0.3, 0.4) is 0 Å². The number of hydrogen-bond donors (Lipinski definition) is 1. The number of hydrogen-bond acceptors (Lipinski definition) is 4. The quantitative estimate of drug-likeness (QED) is 0.794. The molecule has 0 aliphatic heterocycles. The van der Waals surface area contributed by atoms with Gasteiger partial charge < -0.3 is 14.5 Å². The van der Waals surface area contributed by atoms with Crippen LogP contribution in [0.2, 0.25) is 0 Å². The number of carbonyl (C=O) groups is 2. The Labute approximate surface area is 136 Å². The molecule has 0 aliphatic rings. The molecule has 22 heavy (non-hydrogen) atoms. The maximum atomic E-state index is 12.0. The first kappa shape index (κ1) is 16.3. The minimum absolute atomic E-state index is 0.169. The van der Waals surface area contributed by atoms with E-state index in [9.17, 15) is 9.59 Å². The van der Waals surface area contributed by atoms with E-state index in [0.717, 1.165) is 4.47 Å². The van der Waals surface area contributed by atoms with Gasteiger partial charge in [-0.2, -0.15) is 0 Å². The summed E-state index contributed by atoms with van der Waals surface area (Å²) < 4.78 is 11.1. The van der Waals surface area contributed by atoms with Gasteiger partial charge in [0.25, 0.3) is 5.91 Å². The van der Waals surface area contributed by atoms with Crippen molar-refractivity contribution in [2.75, 3.05) is 5.32 Å². The highest BCUT2D eigenvalue weighted by molar-refractivity contribution is 9.10. The van der Waals surface area contributed by atoms with E-state index in [2.05, 4.69) is 21.2 Å². The maximum Gasteiger partial charge on any atom is 0.307 e. The van der Waals surface area contributed by atoms with E-state index in [-0.39, 0.29) is 12.3 Å². The highest BCUT2D eigenvalue weighted by Crippen LogP contribution is 2.16. The molecule has 0 saturated heterocycles. The number of rotatable bonds is 6. The van der Waals surface area contributed by atoms with E-state index >= 15 is 0 Å². The third kappa shape index (κ3) is 5.04. The first-order valence-electron chi connectivity index (χ1n) is 6.83. The lowest BCUT2D eigenvalue weighted by molar-refractivity contribution is -0.153. The number of carbonyl (C=O) groups excluding carboxylic acids is 2. The number of ether oxygens (including phenoxy) is 1. The van der Waals surface area contributed by atoms with Gasteiger partial charge in [-0.25, -0.2) is 0 Å². The molecule has 116 valence electrons. The van der Waals surface area contributed by atoms with Crippen LogP contribution < -0.4 is 5.32 Å². The maximum absolute atomic E-state index is 12.0. The molecular weight excluding hydrogens is 350 g/mol. The second-order valence-electron chi connectivity index (χ2n) is 4.71. The fourth-order valence-corrected chi connectivity index (χ4v) is 2.20. The van der Waals surface area contributed by atoms with Crippen LogP contribution in [0.1, 0.15) is 19.1 Å². The predicted octanol–water partition coefficient (Wildman–Crippen LogP) is 3.55. The Morgan fingerprint density at radius 1 is 1.32 bits per heavy atom. The molecule has 0 bridgehead atoms. The topological polar surface area (TPSA) is 68.5 Å². The summed E-state index contributed by atoms with van der Waals surface area (Å²) in [7, 11) is 0. The molecule has 2 rings (SSSR count). The molecule has 1 aromatic heterocycles. The van der Waals surface area contributed by atoms with Crippen LogP contribution in [-0.4, -0.2) is 18.0 Å². The normalized spacial score (nSPS) is 11.7. The number of esters is 1. The summed E-state index contributed by atoms with van der Waals surface area (Å²) in [6.45, 7) is 1.54. The van der Waals surface area contributed by atoms with Gasteiger partial charge in [-0.1, -0.05) is 22.0 Å². The van der Waals surface area contributed by atoms with Gasteiger partial charge >= 0.3 is 5.97 Å². The molecule has 0 aliphatic carbocycles. The molecule has 0 unspecified atom stereocenters. The van der Waals surface area contributed by atoms with Gasteiger partial charge in [0.15, 0.2) is 6.10 Å². The van der Waals surface area contributed by atoms with Crippen molar-refractivity contribution in [1.82, 2.24) is 0 Å². The predicted molar refractivity (Wildman–Crippen MR) is 85.4 cm³/mol. The van der Waals surface area contributed by atoms with Crippen molar-refractivity contribution in [2.45, 2.75) is 25.9 Å². The summed E-state index contributed by atoms with van der Waals surface area (Å²) in [5.41, 5.74) is 0.637. The molecular formula is C16H16BrNO4. The highest BCUT2D eigenvalue weighted by atomic mass is 79.9. The minimum Gasteiger partial charge on any atom is -0.469 e. The molecule has 1 amide bonds. The molecule has 2 aromatic rings. The Morgan fingerprint density at radius 3 is 2.82 bits per heavy atom. The highest BCUT2D eigenvalue weighted by Gasteiger charge is 2.18. The molecule has 6 heteroatoms. The molecule has 1 heterocycles. The Kier molecular flexibility index (Phi) is 5.77. The van der Waals surface area contributed by atoms with Crippen LogP contribution >= 0.6 is 15.9 Å². The SMILES string of the molecule is C[C@@H](OC(=O)CCc1ccco1)C(=O)Nc1cccc(Br)c1. The first-order chi connectivity index (χ1) is 10.5. The standard InChI is InChI=1S/C16H16BrNO4/c1-11(16(20)18-13-5-2-4-12(17)10-13)22-15(19)8-7-14-6-3-9-21-14/h2-6,9-11H,7-8H2,1H3,(H,18,20)/t11-/m1/s1. The van der Waals surface area contributed by atoms with Crippen LogP contribution in [0.5, 0.6) is 0 Å². The van der Waals surface area contributed by atoms with Gasteiger partial charge in [0, 0.05) is 16.6 Å². The molecule has 5 nitrogen and oxygen atoms in total. The van der Waals surface area contributed by atoms with Crippen LogP contribution in [0.25, 0.3) is 0 Å². The van der Waals surface area contributed by atoms with Gasteiger partial charge in [-0.3, -0.25) is 9.59 Å². The first-order valence-corrected chi connectivity index (χ1v) is 7.62. The minimum atomic E-state index is -0.858. The molecule has 1 N–H and O–H groups in total. The molecule has 1 atom stereocenters. The van der Waals surface area contributed by atoms with E-state index in [1.807, 2.05) is 6.07 Å². The summed E-state index contributed by atoms with van der Waals surface area (Å²) in [5, 5.41) is 2.69. The Morgan fingerprint density at radius 2 is 2.14 bits per heavy atom. The molecule has 0 saturated carbocycles. The van der Waals surface area contributed by atoms with Gasteiger partial charge in [0.1, 0.15) is 5.76 Å². The fourth-order valence-electron chi connectivity index (χ4n) is 1.80. The second kappa shape index (κ2) is 7.79. The van der Waals surface area contributed by atoms with Gasteiger partial charge in [0.2, 0.25) is 0 Å². The van der Waals surface area contributed by atoms with Gasteiger partial charge in [-0.15, -0.1) is 0 Å². The average molecular weight is 366 g/mol. The smallest absolute Gasteiger partial charge is 0.307 e. The van der Waals surface area contributed by atoms with Crippen molar-refractivity contribution in [2.24, 2.45) is 0 Å². The molecule has 1 aromatic carbocycles. The largest absolute Gasteiger partial charge is 0.469 e. The lowest BCUT2D eigenvalue weighted by Crippen LogP contribution is -2.30. The van der Waals surface area contributed by atoms with Crippen molar-refractivity contribution in [3.05, 3.63) is 52.9 Å². The van der Waals surface area contributed by atoms with Crippen LogP contribution in [0.15, 0.2) is 51.6 Å². The lowest BCUT2D eigenvalue weighted by atomic mass is 10.2. The number of amides is 1. The summed E-state index contributed by atoms with van der Waals surface area (Å²) in [4.78, 5) is 23.7. The van der Waals surface area contributed by atoms with E-state index < -0.39 is 12.1 Å². The second-order valence-corrected chi connectivity index (χ2v) is 5.63. The zero-order valence-electron chi connectivity index (χ0n) is 12.0. The van der Waals surface area contributed by atoms with Crippen molar-refractivity contribution in [1.29, 1.82) is 0 Å². The van der Waals surface area contributed by atoms with E-state index in [1.165, 1.54) is 6.92 Å². The van der Waals surface area contributed by atoms with Crippen molar-refractivity contribution in [3.63, 3.8) is 0 Å². The number of halogens is 1. The Hall–Kier alpha value is -2.08. The number of aryl methyl sites for hydroxylation is 1. The third-order valence-corrected chi connectivity index (χ3v) is 3.42. The molecule has 0 radical (unpaired) electrons. The number of nitrogens with one attached hydrogen (secondary N) is 1. The number of anilines is 1. The van der Waals surface area contributed by atoms with Crippen molar-refractivity contribution < 1.29 is 18.7 Å². The third-order valence-electron chi connectivity index (χ3n) is 2.93. The summed E-state index contributed by atoms with van der Waals surface area (Å²) >= 11 is 3.32. The van der Waals surface area contributed by atoms with E-state index in [4.69, 9.17) is 9.15 Å². The number of benzene rings is 1. The zero-order chi connectivity index (χ0) is 15.9. The monoisotopic (exact) mass is 365 g/mol. The van der Waals surface area contributed by atoms with Crippen LogP contribution in [0.4, 0.5) is 5.69 Å². The van der Waals surface area contributed by atoms with Crippen molar-refractivity contribution >= 4 is 33.5 Å².